The Hall–Kier alpha value is -1.62. The third-order valence-corrected chi connectivity index (χ3v) is 1.88. The average molecular weight is 178 g/mol. The number of hydrogen-bond donors (Lipinski definition) is 2. The Morgan fingerprint density at radius 2 is 2.38 bits per heavy atom. The molecule has 0 unspecified atom stereocenters. The normalized spacial score (nSPS) is 10.8. The van der Waals surface area contributed by atoms with Gasteiger partial charge in [-0.05, 0) is 6.07 Å². The molecule has 2 aromatic rings. The molecule has 2 heterocycles. The zero-order chi connectivity index (χ0) is 9.26. The molecule has 0 aliphatic heterocycles. The maximum absolute atomic E-state index is 8.77. The van der Waals surface area contributed by atoms with Crippen molar-refractivity contribution in [2.45, 2.75) is 6.42 Å². The Balaban J connectivity index is 2.61. The van der Waals surface area contributed by atoms with Gasteiger partial charge >= 0.3 is 0 Å². The van der Waals surface area contributed by atoms with Gasteiger partial charge in [-0.2, -0.15) is 9.61 Å². The lowest BCUT2D eigenvalue weighted by Crippen LogP contribution is -1.99. The molecule has 0 atom stereocenters. The number of nitrogen functional groups attached to an aromatic ring is 1. The van der Waals surface area contributed by atoms with Crippen LogP contribution < -0.4 is 5.73 Å². The van der Waals surface area contributed by atoms with E-state index < -0.39 is 0 Å². The molecule has 0 aromatic carbocycles. The Kier molecular flexibility index (Phi) is 1.86. The van der Waals surface area contributed by atoms with Crippen LogP contribution >= 0.6 is 0 Å². The summed E-state index contributed by atoms with van der Waals surface area (Å²) in [5.41, 5.74) is 7.29. The molecule has 68 valence electrons. The summed E-state index contributed by atoms with van der Waals surface area (Å²) in [6, 6.07) is 1.68. The number of anilines is 1. The summed E-state index contributed by atoms with van der Waals surface area (Å²) in [5, 5.41) is 12.8. The molecule has 2 rings (SSSR count). The SMILES string of the molecule is Nc1ccnc2c(CCO)cnn12. The lowest BCUT2D eigenvalue weighted by molar-refractivity contribution is 0.300. The van der Waals surface area contributed by atoms with Crippen molar-refractivity contribution < 1.29 is 5.11 Å². The van der Waals surface area contributed by atoms with Crippen LogP contribution in [0.25, 0.3) is 5.65 Å². The fourth-order valence-electron chi connectivity index (χ4n) is 1.25. The molecular weight excluding hydrogens is 168 g/mol. The zero-order valence-electron chi connectivity index (χ0n) is 7.01. The van der Waals surface area contributed by atoms with E-state index in [0.717, 1.165) is 5.56 Å². The first-order chi connectivity index (χ1) is 6.33. The predicted molar refractivity (Wildman–Crippen MR) is 48.2 cm³/mol. The van der Waals surface area contributed by atoms with Gasteiger partial charge in [0, 0.05) is 24.8 Å². The molecule has 3 N–H and O–H groups in total. The average Bonchev–Trinajstić information content (AvgIpc) is 2.51. The first-order valence-electron chi connectivity index (χ1n) is 4.01. The molecule has 0 fully saturated rings. The summed E-state index contributed by atoms with van der Waals surface area (Å²) in [6.45, 7) is 0.0951. The van der Waals surface area contributed by atoms with Crippen LogP contribution in [0.5, 0.6) is 0 Å². The minimum absolute atomic E-state index is 0.0951. The van der Waals surface area contributed by atoms with Crippen molar-refractivity contribution in [1.29, 1.82) is 0 Å². The second-order valence-electron chi connectivity index (χ2n) is 2.75. The first-order valence-corrected chi connectivity index (χ1v) is 4.01. The summed E-state index contributed by atoms with van der Waals surface area (Å²) in [5.74, 6) is 0.550. The van der Waals surface area contributed by atoms with Crippen LogP contribution in [0.4, 0.5) is 5.82 Å². The van der Waals surface area contributed by atoms with Crippen molar-refractivity contribution in [3.05, 3.63) is 24.0 Å². The molecule has 5 heteroatoms. The smallest absolute Gasteiger partial charge is 0.160 e. The molecule has 0 aliphatic rings. The molecule has 0 radical (unpaired) electrons. The van der Waals surface area contributed by atoms with Crippen LogP contribution in [0.3, 0.4) is 0 Å². The van der Waals surface area contributed by atoms with Gasteiger partial charge in [-0.15, -0.1) is 0 Å². The van der Waals surface area contributed by atoms with E-state index in [9.17, 15) is 0 Å². The highest BCUT2D eigenvalue weighted by Crippen LogP contribution is 2.10. The number of aliphatic hydroxyl groups excluding tert-OH is 1. The van der Waals surface area contributed by atoms with Gasteiger partial charge in [0.05, 0.1) is 6.20 Å². The number of rotatable bonds is 2. The maximum Gasteiger partial charge on any atom is 0.160 e. The van der Waals surface area contributed by atoms with Crippen LogP contribution in [0.1, 0.15) is 5.56 Å². The minimum atomic E-state index is 0.0951. The van der Waals surface area contributed by atoms with Crippen LogP contribution in [0.2, 0.25) is 0 Å². The second kappa shape index (κ2) is 3.02. The monoisotopic (exact) mass is 178 g/mol. The van der Waals surface area contributed by atoms with E-state index in [4.69, 9.17) is 10.8 Å². The third-order valence-electron chi connectivity index (χ3n) is 1.88. The van der Waals surface area contributed by atoms with Crippen molar-refractivity contribution >= 4 is 11.5 Å². The van der Waals surface area contributed by atoms with Crippen molar-refractivity contribution in [2.75, 3.05) is 12.3 Å². The number of nitrogens with two attached hydrogens (primary N) is 1. The molecule has 0 aliphatic carbocycles. The van der Waals surface area contributed by atoms with Gasteiger partial charge in [-0.1, -0.05) is 0 Å². The molecule has 0 spiro atoms. The molecule has 5 nitrogen and oxygen atoms in total. The number of aromatic nitrogens is 3. The van der Waals surface area contributed by atoms with Gasteiger partial charge in [-0.25, -0.2) is 4.98 Å². The van der Waals surface area contributed by atoms with Gasteiger partial charge in [0.25, 0.3) is 0 Å². The quantitative estimate of drug-likeness (QED) is 0.670. The van der Waals surface area contributed by atoms with Gasteiger partial charge < -0.3 is 10.8 Å². The van der Waals surface area contributed by atoms with E-state index in [-0.39, 0.29) is 6.61 Å². The Morgan fingerprint density at radius 1 is 1.54 bits per heavy atom. The number of aliphatic hydroxyl groups is 1. The summed E-state index contributed by atoms with van der Waals surface area (Å²) in [7, 11) is 0. The molecule has 0 saturated carbocycles. The lowest BCUT2D eigenvalue weighted by atomic mass is 10.2. The van der Waals surface area contributed by atoms with Crippen LogP contribution in [0, 0.1) is 0 Å². The van der Waals surface area contributed by atoms with E-state index in [1.54, 1.807) is 23.0 Å². The fraction of sp³-hybridized carbons (Fsp3) is 0.250. The van der Waals surface area contributed by atoms with Crippen molar-refractivity contribution in [2.24, 2.45) is 0 Å². The highest BCUT2D eigenvalue weighted by Gasteiger charge is 2.05. The molecular formula is C8H10N4O. The van der Waals surface area contributed by atoms with Crippen LogP contribution in [-0.2, 0) is 6.42 Å². The fourth-order valence-corrected chi connectivity index (χ4v) is 1.25. The zero-order valence-corrected chi connectivity index (χ0v) is 7.01. The highest BCUT2D eigenvalue weighted by molar-refractivity contribution is 5.51. The highest BCUT2D eigenvalue weighted by atomic mass is 16.2. The Morgan fingerprint density at radius 3 is 3.15 bits per heavy atom. The van der Waals surface area contributed by atoms with Crippen molar-refractivity contribution in [3.63, 3.8) is 0 Å². The number of fused-ring (bicyclic) bond motifs is 1. The standard InChI is InChI=1S/C8H10N4O/c9-7-1-3-10-8-6(2-4-13)5-11-12(7)8/h1,3,5,13H,2,4,9H2. The number of nitrogens with zero attached hydrogens (tertiary/aromatic N) is 3. The maximum atomic E-state index is 8.77. The second-order valence-corrected chi connectivity index (χ2v) is 2.75. The predicted octanol–water partition coefficient (Wildman–Crippen LogP) is -0.154. The summed E-state index contributed by atoms with van der Waals surface area (Å²) < 4.78 is 1.56. The summed E-state index contributed by atoms with van der Waals surface area (Å²) in [4.78, 5) is 4.13. The molecule has 13 heavy (non-hydrogen) atoms. The van der Waals surface area contributed by atoms with E-state index in [1.165, 1.54) is 0 Å². The van der Waals surface area contributed by atoms with Crippen molar-refractivity contribution in [1.82, 2.24) is 14.6 Å². The Labute approximate surface area is 74.8 Å². The van der Waals surface area contributed by atoms with E-state index >= 15 is 0 Å². The third kappa shape index (κ3) is 1.23. The van der Waals surface area contributed by atoms with E-state index in [2.05, 4.69) is 10.1 Å². The van der Waals surface area contributed by atoms with E-state index in [0.29, 0.717) is 17.9 Å². The summed E-state index contributed by atoms with van der Waals surface area (Å²) >= 11 is 0. The van der Waals surface area contributed by atoms with Gasteiger partial charge in [0.1, 0.15) is 5.82 Å². The minimum Gasteiger partial charge on any atom is -0.396 e. The van der Waals surface area contributed by atoms with Gasteiger partial charge in [0.2, 0.25) is 0 Å². The van der Waals surface area contributed by atoms with Crippen LogP contribution in [-0.4, -0.2) is 26.3 Å². The largest absolute Gasteiger partial charge is 0.396 e. The molecule has 2 aromatic heterocycles. The number of hydrogen-bond acceptors (Lipinski definition) is 4. The molecule has 0 bridgehead atoms. The van der Waals surface area contributed by atoms with Gasteiger partial charge in [-0.3, -0.25) is 0 Å². The van der Waals surface area contributed by atoms with E-state index in [1.807, 2.05) is 0 Å². The Bertz CT molecular complexity index is 423. The van der Waals surface area contributed by atoms with Crippen molar-refractivity contribution in [3.8, 4) is 0 Å². The summed E-state index contributed by atoms with van der Waals surface area (Å²) in [6.07, 6.45) is 3.86. The van der Waals surface area contributed by atoms with Crippen LogP contribution in [0.15, 0.2) is 18.5 Å². The molecule has 0 saturated heterocycles. The topological polar surface area (TPSA) is 76.4 Å². The lowest BCUT2D eigenvalue weighted by Gasteiger charge is -1.97. The van der Waals surface area contributed by atoms with Gasteiger partial charge in [0.15, 0.2) is 5.65 Å². The first kappa shape index (κ1) is 8.00. The molecule has 0 amide bonds.